The summed E-state index contributed by atoms with van der Waals surface area (Å²) in [4.78, 5) is 27.0. The number of carbonyl (C=O) groups excluding carboxylic acids is 1. The zero-order valence-corrected chi connectivity index (χ0v) is 22.1. The molecule has 0 aliphatic carbocycles. The van der Waals surface area contributed by atoms with Crippen molar-refractivity contribution in [2.24, 2.45) is 7.05 Å². The molecule has 0 fully saturated rings. The van der Waals surface area contributed by atoms with Crippen molar-refractivity contribution in [1.82, 2.24) is 14.3 Å². The molecule has 0 bridgehead atoms. The van der Waals surface area contributed by atoms with Crippen LogP contribution in [0, 0.1) is 6.92 Å². The van der Waals surface area contributed by atoms with Gasteiger partial charge in [-0.3, -0.25) is 4.79 Å². The maximum Gasteiger partial charge on any atom is 0.435 e. The number of nitrogens with zero attached hydrogens (tertiary/aromatic N) is 4. The largest absolute Gasteiger partial charge is 0.442 e. The quantitative estimate of drug-likeness (QED) is 0.308. The van der Waals surface area contributed by atoms with E-state index < -0.39 is 18.1 Å². The van der Waals surface area contributed by atoms with Crippen LogP contribution in [0.4, 0.5) is 25.0 Å². The van der Waals surface area contributed by atoms with E-state index in [0.717, 1.165) is 39.7 Å². The minimum absolute atomic E-state index is 0.0656. The number of rotatable bonds is 3. The van der Waals surface area contributed by atoms with Crippen LogP contribution in [-0.4, -0.2) is 32.6 Å². The zero-order chi connectivity index (χ0) is 27.4. The molecule has 4 aromatic rings. The Labute approximate surface area is 219 Å². The second kappa shape index (κ2) is 9.38. The summed E-state index contributed by atoms with van der Waals surface area (Å²) in [6, 6.07) is 12.4. The first-order chi connectivity index (χ1) is 17.9. The molecule has 0 N–H and O–H groups in total. The molecule has 0 atom stereocenters. The summed E-state index contributed by atoms with van der Waals surface area (Å²) in [5.41, 5.74) is 3.53. The molecule has 0 spiro atoms. The summed E-state index contributed by atoms with van der Waals surface area (Å²) >= 11 is 0. The standard InChI is InChI=1S/C29H30F2N4O3/c1-17-14-21-23(33(5)27(17)36)9-6-10-24(21)34-12-7-8-18-15-19(20(26(30)31)16-25(18)34)22-11-13-35(32-22)28(37)38-29(2,3)4/h6,9-11,13-16,26H,7-8,12H2,1-5H3. The molecule has 38 heavy (non-hydrogen) atoms. The number of carbonyl (C=O) groups is 1. The van der Waals surface area contributed by atoms with E-state index in [9.17, 15) is 18.4 Å². The number of fused-ring (bicyclic) bond motifs is 2. The fourth-order valence-electron chi connectivity index (χ4n) is 5.05. The lowest BCUT2D eigenvalue weighted by Crippen LogP contribution is -2.27. The highest BCUT2D eigenvalue weighted by Crippen LogP contribution is 2.42. The van der Waals surface area contributed by atoms with Crippen molar-refractivity contribution in [3.05, 3.63) is 75.7 Å². The normalized spacial score (nSPS) is 13.7. The SMILES string of the molecule is Cc1cc2c(N3CCCc4cc(-c5ccn(C(=O)OC(C)(C)C)n5)c(C(F)F)cc43)cccc2n(C)c1=O. The topological polar surface area (TPSA) is 69.4 Å². The molecule has 5 rings (SSSR count). The number of hydrogen-bond donors (Lipinski definition) is 0. The molecule has 1 aliphatic rings. The van der Waals surface area contributed by atoms with E-state index in [0.29, 0.717) is 23.4 Å². The molecular weight excluding hydrogens is 490 g/mol. The molecule has 7 nitrogen and oxygen atoms in total. The van der Waals surface area contributed by atoms with Crippen LogP contribution in [0.1, 0.15) is 50.3 Å². The fourth-order valence-corrected chi connectivity index (χ4v) is 5.05. The monoisotopic (exact) mass is 520 g/mol. The van der Waals surface area contributed by atoms with E-state index >= 15 is 0 Å². The number of ether oxygens (including phenoxy) is 1. The third-order valence-corrected chi connectivity index (χ3v) is 6.77. The van der Waals surface area contributed by atoms with E-state index in [1.807, 2.05) is 24.3 Å². The number of aryl methyl sites for hydroxylation is 3. The first kappa shape index (κ1) is 25.6. The second-order valence-corrected chi connectivity index (χ2v) is 10.7. The highest BCUT2D eigenvalue weighted by Gasteiger charge is 2.27. The van der Waals surface area contributed by atoms with Gasteiger partial charge in [-0.25, -0.2) is 13.6 Å². The number of aromatic nitrogens is 3. The van der Waals surface area contributed by atoms with Crippen LogP contribution >= 0.6 is 0 Å². The number of pyridine rings is 1. The highest BCUT2D eigenvalue weighted by atomic mass is 19.3. The van der Waals surface area contributed by atoms with Gasteiger partial charge in [-0.1, -0.05) is 6.07 Å². The van der Waals surface area contributed by atoms with Crippen LogP contribution in [-0.2, 0) is 18.2 Å². The molecule has 198 valence electrons. The highest BCUT2D eigenvalue weighted by molar-refractivity contribution is 5.95. The van der Waals surface area contributed by atoms with Gasteiger partial charge in [-0.05, 0) is 82.5 Å². The van der Waals surface area contributed by atoms with E-state index in [4.69, 9.17) is 4.74 Å². The van der Waals surface area contributed by atoms with Crippen molar-refractivity contribution in [3.8, 4) is 11.3 Å². The Morgan fingerprint density at radius 2 is 1.87 bits per heavy atom. The van der Waals surface area contributed by atoms with E-state index in [1.165, 1.54) is 12.3 Å². The van der Waals surface area contributed by atoms with Gasteiger partial charge in [0, 0.05) is 47.6 Å². The van der Waals surface area contributed by atoms with Gasteiger partial charge in [0.1, 0.15) is 5.60 Å². The predicted octanol–water partition coefficient (Wildman–Crippen LogP) is 6.52. The van der Waals surface area contributed by atoms with Crippen LogP contribution in [0.3, 0.4) is 0 Å². The predicted molar refractivity (Wildman–Crippen MR) is 144 cm³/mol. The first-order valence-electron chi connectivity index (χ1n) is 12.6. The Hall–Kier alpha value is -4.01. The average Bonchev–Trinajstić information content (AvgIpc) is 3.35. The van der Waals surface area contributed by atoms with Gasteiger partial charge >= 0.3 is 6.09 Å². The Balaban J connectivity index is 1.61. The van der Waals surface area contributed by atoms with Gasteiger partial charge < -0.3 is 14.2 Å². The molecule has 0 radical (unpaired) electrons. The lowest BCUT2D eigenvalue weighted by molar-refractivity contribution is 0.0515. The second-order valence-electron chi connectivity index (χ2n) is 10.7. The maximum atomic E-state index is 14.4. The number of benzene rings is 2. The van der Waals surface area contributed by atoms with E-state index in [2.05, 4.69) is 10.00 Å². The van der Waals surface area contributed by atoms with Crippen LogP contribution in [0.25, 0.3) is 22.2 Å². The maximum absolute atomic E-state index is 14.4. The average molecular weight is 521 g/mol. The molecule has 0 amide bonds. The third kappa shape index (κ3) is 4.57. The van der Waals surface area contributed by atoms with Gasteiger partial charge in [0.15, 0.2) is 0 Å². The van der Waals surface area contributed by atoms with E-state index in [1.54, 1.807) is 51.4 Å². The van der Waals surface area contributed by atoms with Gasteiger partial charge in [0.05, 0.1) is 16.9 Å². The molecule has 0 saturated carbocycles. The number of hydrogen-bond acceptors (Lipinski definition) is 5. The number of anilines is 2. The van der Waals surface area contributed by atoms with Crippen molar-refractivity contribution in [2.75, 3.05) is 11.4 Å². The molecule has 0 unspecified atom stereocenters. The van der Waals surface area contributed by atoms with Crippen molar-refractivity contribution in [1.29, 1.82) is 0 Å². The lowest BCUT2D eigenvalue weighted by Gasteiger charge is -2.33. The number of halogens is 2. The molecule has 1 aliphatic heterocycles. The molecule has 0 saturated heterocycles. The molecule has 2 aromatic carbocycles. The van der Waals surface area contributed by atoms with Crippen LogP contribution in [0.5, 0.6) is 0 Å². The smallest absolute Gasteiger partial charge is 0.435 e. The molecular formula is C29H30F2N4O3. The molecule has 9 heteroatoms. The van der Waals surface area contributed by atoms with Crippen molar-refractivity contribution >= 4 is 28.4 Å². The van der Waals surface area contributed by atoms with Gasteiger partial charge in [0.2, 0.25) is 0 Å². The Kier molecular flexibility index (Phi) is 6.33. The molecule has 2 aromatic heterocycles. The summed E-state index contributed by atoms with van der Waals surface area (Å²) < 4.78 is 36.8. The summed E-state index contributed by atoms with van der Waals surface area (Å²) in [5, 5.41) is 5.15. The fraction of sp³-hybridized carbons (Fsp3) is 0.345. The summed E-state index contributed by atoms with van der Waals surface area (Å²) in [6.07, 6.45) is -0.452. The first-order valence-corrected chi connectivity index (χ1v) is 12.6. The van der Waals surface area contributed by atoms with Gasteiger partial charge in [-0.15, -0.1) is 0 Å². The minimum atomic E-state index is -2.75. The Morgan fingerprint density at radius 3 is 2.58 bits per heavy atom. The van der Waals surface area contributed by atoms with Crippen LogP contribution in [0.15, 0.2) is 53.5 Å². The number of alkyl halides is 2. The Bertz CT molecular complexity index is 1610. The van der Waals surface area contributed by atoms with Gasteiger partial charge in [-0.2, -0.15) is 9.78 Å². The van der Waals surface area contributed by atoms with Crippen molar-refractivity contribution in [2.45, 2.75) is 52.6 Å². The summed E-state index contributed by atoms with van der Waals surface area (Å²) in [6.45, 7) is 7.67. The van der Waals surface area contributed by atoms with Crippen LogP contribution in [0.2, 0.25) is 0 Å². The third-order valence-electron chi connectivity index (χ3n) is 6.77. The summed E-state index contributed by atoms with van der Waals surface area (Å²) in [7, 11) is 1.74. The van der Waals surface area contributed by atoms with Crippen molar-refractivity contribution in [3.63, 3.8) is 0 Å². The van der Waals surface area contributed by atoms with Gasteiger partial charge in [0.25, 0.3) is 12.0 Å². The molecule has 3 heterocycles. The Morgan fingerprint density at radius 1 is 1.11 bits per heavy atom. The summed E-state index contributed by atoms with van der Waals surface area (Å²) in [5.74, 6) is 0. The zero-order valence-electron chi connectivity index (χ0n) is 22.1. The van der Waals surface area contributed by atoms with Crippen LogP contribution < -0.4 is 10.5 Å². The van der Waals surface area contributed by atoms with Crippen molar-refractivity contribution < 1.29 is 18.3 Å². The minimum Gasteiger partial charge on any atom is -0.442 e. The van der Waals surface area contributed by atoms with E-state index in [-0.39, 0.29) is 16.8 Å². The lowest BCUT2D eigenvalue weighted by atomic mass is 9.93.